The van der Waals surface area contributed by atoms with Gasteiger partial charge in [-0.05, 0) is 0 Å². The van der Waals surface area contributed by atoms with Crippen molar-refractivity contribution in [3.63, 3.8) is 0 Å². The molecule has 0 aliphatic rings. The van der Waals surface area contributed by atoms with Crippen LogP contribution in [-0.2, 0) is 0 Å². The average Bonchev–Trinajstić information content (AvgIpc) is 3.15. The van der Waals surface area contributed by atoms with Crippen molar-refractivity contribution in [2.45, 2.75) is 0 Å². The van der Waals surface area contributed by atoms with Gasteiger partial charge in [0.05, 0.1) is 0 Å². The van der Waals surface area contributed by atoms with Gasteiger partial charge in [0.1, 0.15) is 0 Å². The third kappa shape index (κ3) is 9.06. The molecule has 7 aromatic rings. The van der Waals surface area contributed by atoms with E-state index in [9.17, 15) is 0 Å². The van der Waals surface area contributed by atoms with E-state index in [0.29, 0.717) is 0 Å². The first-order valence-electron chi connectivity index (χ1n) is 15.4. The van der Waals surface area contributed by atoms with Crippen molar-refractivity contribution < 1.29 is 0 Å². The van der Waals surface area contributed by atoms with E-state index in [1.165, 1.54) is 26.8 Å². The summed E-state index contributed by atoms with van der Waals surface area (Å²) in [6, 6.07) is 67.8. The van der Waals surface area contributed by atoms with E-state index >= 15 is 0 Å². The Kier molecular flexibility index (Phi) is 12.5. The molecule has 0 bridgehead atoms. The van der Waals surface area contributed by atoms with Crippen molar-refractivity contribution in [1.82, 2.24) is 0 Å². The summed E-state index contributed by atoms with van der Waals surface area (Å²) in [6.45, 7) is 0. The van der Waals surface area contributed by atoms with Crippen LogP contribution in [0.1, 0.15) is 0 Å². The Morgan fingerprint density at radius 1 is 0.167 bits per heavy atom. The Morgan fingerprint density at radius 3 is 0.417 bits per heavy atom. The molecule has 0 N–H and O–H groups in total. The zero-order valence-electron chi connectivity index (χ0n) is 25.8. The third-order valence-electron chi connectivity index (χ3n) is 7.02. The summed E-state index contributed by atoms with van der Waals surface area (Å²) in [7, 11) is 0. The predicted molar refractivity (Wildman–Crippen MR) is 215 cm³/mol. The maximum absolute atomic E-state index is 2.35. The predicted octanol–water partition coefficient (Wildman–Crippen LogP) is -0.383. The molecular weight excluding hydrogens is 978 g/mol. The average molecular weight is 1010 g/mol. The van der Waals surface area contributed by atoms with Gasteiger partial charge >= 0.3 is 325 Å². The summed E-state index contributed by atoms with van der Waals surface area (Å²) in [5.41, 5.74) is 0. The van der Waals surface area contributed by atoms with Gasteiger partial charge in [0.2, 0.25) is 0 Å². The molecule has 7 rings (SSSR count). The van der Waals surface area contributed by atoms with Gasteiger partial charge in [0, 0.05) is 0 Å². The van der Waals surface area contributed by atoms with Gasteiger partial charge in [0.15, 0.2) is 0 Å². The van der Waals surface area contributed by atoms with Crippen LogP contribution in [0, 0.1) is 0 Å². The van der Waals surface area contributed by atoms with Crippen LogP contribution in [0.3, 0.4) is 0 Å². The zero-order chi connectivity index (χ0) is 32.4. The number of rotatable bonds is 12. The van der Waals surface area contributed by atoms with Gasteiger partial charge in [-0.25, -0.2) is 0 Å². The summed E-state index contributed by atoms with van der Waals surface area (Å²) >= 11 is 1.09. The fraction of sp³-hybridized carbons (Fsp3) is 0. The first-order chi connectivity index (χ1) is 23.8. The van der Waals surface area contributed by atoms with Crippen molar-refractivity contribution >= 4 is 143 Å². The molecular formula is C42H30Se6. The van der Waals surface area contributed by atoms with Crippen LogP contribution < -0.4 is 53.5 Å². The third-order valence-corrected chi connectivity index (χ3v) is 25.0. The SMILES string of the molecule is c1ccc([Se]c2c([Se]c3ccccc3)c([Se]c3ccccc3)c([Se]c3ccccc3)c([Se]c3ccccc3)c2[Se]c2ccccc2)cc1. The van der Waals surface area contributed by atoms with Gasteiger partial charge in [-0.3, -0.25) is 0 Å². The normalized spacial score (nSPS) is 11.0. The number of hydrogen-bond donors (Lipinski definition) is 0. The summed E-state index contributed by atoms with van der Waals surface area (Å²) in [6.07, 6.45) is 0. The Balaban J connectivity index is 1.56. The molecule has 0 radical (unpaired) electrons. The van der Waals surface area contributed by atoms with Crippen molar-refractivity contribution in [3.05, 3.63) is 182 Å². The molecule has 0 aliphatic heterocycles. The number of benzene rings is 7. The second-order valence-electron chi connectivity index (χ2n) is 10.5. The molecule has 0 atom stereocenters. The van der Waals surface area contributed by atoms with E-state index in [1.807, 2.05) is 0 Å². The van der Waals surface area contributed by atoms with Crippen LogP contribution >= 0.6 is 0 Å². The number of hydrogen-bond acceptors (Lipinski definition) is 0. The molecule has 0 saturated carbocycles. The molecule has 6 heteroatoms. The quantitative estimate of drug-likeness (QED) is 0.147. The fourth-order valence-electron chi connectivity index (χ4n) is 4.81. The van der Waals surface area contributed by atoms with Gasteiger partial charge in [-0.2, -0.15) is 0 Å². The summed E-state index contributed by atoms with van der Waals surface area (Å²) < 4.78 is 18.6. The van der Waals surface area contributed by atoms with E-state index in [2.05, 4.69) is 182 Å². The molecule has 0 fully saturated rings. The van der Waals surface area contributed by atoms with E-state index in [0.717, 1.165) is 0 Å². The van der Waals surface area contributed by atoms with Gasteiger partial charge in [-0.15, -0.1) is 0 Å². The summed E-state index contributed by atoms with van der Waals surface area (Å²) in [4.78, 5) is 0. The second-order valence-corrected chi connectivity index (χ2v) is 24.1. The topological polar surface area (TPSA) is 0 Å². The van der Waals surface area contributed by atoms with Crippen LogP contribution in [0.15, 0.2) is 182 Å². The van der Waals surface area contributed by atoms with Crippen LogP contribution in [0.4, 0.5) is 0 Å². The Morgan fingerprint density at radius 2 is 0.292 bits per heavy atom. The van der Waals surface area contributed by atoms with E-state index in [1.54, 1.807) is 26.8 Å². The first kappa shape index (κ1) is 34.1. The van der Waals surface area contributed by atoms with E-state index in [-0.39, 0.29) is 89.7 Å². The van der Waals surface area contributed by atoms with Crippen LogP contribution in [0.5, 0.6) is 0 Å². The van der Waals surface area contributed by atoms with Crippen LogP contribution in [0.25, 0.3) is 0 Å². The maximum atomic E-state index is 2.35. The fourth-order valence-corrected chi connectivity index (χ4v) is 23.8. The van der Waals surface area contributed by atoms with Gasteiger partial charge in [0.25, 0.3) is 0 Å². The van der Waals surface area contributed by atoms with Gasteiger partial charge in [-0.1, -0.05) is 0 Å². The molecule has 0 aromatic heterocycles. The molecule has 234 valence electrons. The Labute approximate surface area is 321 Å². The van der Waals surface area contributed by atoms with Crippen LogP contribution in [-0.4, -0.2) is 89.7 Å². The molecule has 0 amide bonds. The molecule has 0 heterocycles. The molecule has 0 aliphatic carbocycles. The van der Waals surface area contributed by atoms with Crippen molar-refractivity contribution in [1.29, 1.82) is 0 Å². The molecule has 0 saturated heterocycles. The minimum absolute atomic E-state index is 0.181. The standard InChI is InChI=1S/C42H30Se6/c1-7-19-31(20-8-1)43-37-38(44-32-21-9-2-10-22-32)40(46-34-25-13-4-14-26-34)42(48-36-29-17-6-18-30-36)41(47-35-27-15-5-16-28-35)39(37)45-33-23-11-3-12-24-33/h1-30H. The molecule has 0 nitrogen and oxygen atoms in total. The monoisotopic (exact) mass is 1010 g/mol. The summed E-state index contributed by atoms with van der Waals surface area (Å²) in [5.74, 6) is 0. The van der Waals surface area contributed by atoms with Gasteiger partial charge < -0.3 is 0 Å². The molecule has 0 unspecified atom stereocenters. The molecule has 48 heavy (non-hydrogen) atoms. The summed E-state index contributed by atoms with van der Waals surface area (Å²) in [5, 5.41) is 0. The van der Waals surface area contributed by atoms with Crippen molar-refractivity contribution in [3.8, 4) is 0 Å². The van der Waals surface area contributed by atoms with E-state index < -0.39 is 0 Å². The first-order valence-corrected chi connectivity index (χ1v) is 25.7. The zero-order valence-corrected chi connectivity index (χ0v) is 36.0. The molecule has 0 spiro atoms. The van der Waals surface area contributed by atoms with Crippen LogP contribution in [0.2, 0.25) is 0 Å². The minimum atomic E-state index is 0.181. The Hall–Kier alpha value is -2.34. The Bertz CT molecular complexity index is 1630. The van der Waals surface area contributed by atoms with E-state index in [4.69, 9.17) is 0 Å². The van der Waals surface area contributed by atoms with Crippen molar-refractivity contribution in [2.75, 3.05) is 0 Å². The van der Waals surface area contributed by atoms with Crippen molar-refractivity contribution in [2.24, 2.45) is 0 Å². The second kappa shape index (κ2) is 17.5. The molecule has 7 aromatic carbocycles.